The Morgan fingerprint density at radius 1 is 1.37 bits per heavy atom. The summed E-state index contributed by atoms with van der Waals surface area (Å²) in [4.78, 5) is 36.6. The molecule has 1 atom stereocenters. The highest BCUT2D eigenvalue weighted by atomic mass is 16.5. The van der Waals surface area contributed by atoms with Crippen LogP contribution >= 0.6 is 0 Å². The van der Waals surface area contributed by atoms with E-state index in [1.165, 1.54) is 7.11 Å². The van der Waals surface area contributed by atoms with Gasteiger partial charge in [0.1, 0.15) is 6.04 Å². The number of nitrogens with one attached hydrogen (secondary N) is 2. The number of aromatic hydroxyl groups is 1. The molecule has 0 saturated carbocycles. The van der Waals surface area contributed by atoms with Gasteiger partial charge in [-0.25, -0.2) is 4.79 Å². The van der Waals surface area contributed by atoms with Crippen LogP contribution in [0.15, 0.2) is 16.9 Å². The minimum absolute atomic E-state index is 0.0317. The van der Waals surface area contributed by atoms with E-state index in [4.69, 9.17) is 0 Å². The maximum atomic E-state index is 11.9. The molecule has 0 radical (unpaired) electrons. The Kier molecular flexibility index (Phi) is 4.68. The lowest BCUT2D eigenvalue weighted by Gasteiger charge is -2.19. The topological polar surface area (TPSA) is 108 Å². The summed E-state index contributed by atoms with van der Waals surface area (Å²) in [7, 11) is 1.23. The molecule has 1 heterocycles. The van der Waals surface area contributed by atoms with Crippen molar-refractivity contribution in [2.45, 2.75) is 19.9 Å². The van der Waals surface area contributed by atoms with E-state index in [0.29, 0.717) is 0 Å². The Balaban J connectivity index is 2.94. The van der Waals surface area contributed by atoms with Crippen LogP contribution in [0.2, 0.25) is 0 Å². The van der Waals surface area contributed by atoms with Crippen molar-refractivity contribution in [3.63, 3.8) is 0 Å². The molecule has 0 aliphatic rings. The maximum Gasteiger partial charge on any atom is 0.328 e. The van der Waals surface area contributed by atoms with Gasteiger partial charge < -0.3 is 15.2 Å². The third kappa shape index (κ3) is 3.84. The number of hydrogen-bond acceptors (Lipinski definition) is 5. The van der Waals surface area contributed by atoms with E-state index < -0.39 is 29.4 Å². The van der Waals surface area contributed by atoms with E-state index in [9.17, 15) is 19.5 Å². The van der Waals surface area contributed by atoms with Gasteiger partial charge >= 0.3 is 5.97 Å². The minimum atomic E-state index is -0.820. The number of ether oxygens (including phenoxy) is 1. The molecule has 1 aromatic heterocycles. The molecule has 0 fully saturated rings. The lowest BCUT2D eigenvalue weighted by molar-refractivity contribution is -0.144. The Bertz CT molecular complexity index is 535. The Morgan fingerprint density at radius 2 is 2.00 bits per heavy atom. The van der Waals surface area contributed by atoms with Crippen LogP contribution < -0.4 is 10.9 Å². The summed E-state index contributed by atoms with van der Waals surface area (Å²) >= 11 is 0. The van der Waals surface area contributed by atoms with Crippen LogP contribution in [-0.4, -0.2) is 35.1 Å². The van der Waals surface area contributed by atoms with Gasteiger partial charge in [-0.05, 0) is 5.92 Å². The summed E-state index contributed by atoms with van der Waals surface area (Å²) in [5, 5.41) is 11.7. The molecule has 19 heavy (non-hydrogen) atoms. The molecule has 0 spiro atoms. The number of H-pyrrole nitrogens is 1. The summed E-state index contributed by atoms with van der Waals surface area (Å²) < 4.78 is 4.59. The average Bonchev–Trinajstić information content (AvgIpc) is 2.33. The van der Waals surface area contributed by atoms with Crippen molar-refractivity contribution in [1.82, 2.24) is 10.3 Å². The fourth-order valence-corrected chi connectivity index (χ4v) is 1.51. The molecular weight excluding hydrogens is 252 g/mol. The molecule has 0 aliphatic carbocycles. The number of amides is 1. The standard InChI is InChI=1S/C12H16N2O5/c1-6(2)10(12(18)19-3)14-11(17)7-4-8(15)13-9(16)5-7/h4-6,10H,1-3H3,(H,14,17)(H2,13,15,16). The average molecular weight is 268 g/mol. The van der Waals surface area contributed by atoms with Gasteiger partial charge in [-0.15, -0.1) is 0 Å². The molecule has 1 aromatic rings. The number of pyridine rings is 1. The Morgan fingerprint density at radius 3 is 2.47 bits per heavy atom. The molecule has 1 unspecified atom stereocenters. The molecule has 0 aromatic carbocycles. The Hall–Kier alpha value is -2.31. The van der Waals surface area contributed by atoms with Gasteiger partial charge in [-0.2, -0.15) is 0 Å². The number of carbonyl (C=O) groups excluding carboxylic acids is 2. The zero-order valence-corrected chi connectivity index (χ0v) is 10.9. The number of carbonyl (C=O) groups is 2. The van der Waals surface area contributed by atoms with Crippen molar-refractivity contribution < 1.29 is 19.4 Å². The first kappa shape index (κ1) is 14.7. The van der Waals surface area contributed by atoms with E-state index in [2.05, 4.69) is 15.0 Å². The van der Waals surface area contributed by atoms with Gasteiger partial charge in [-0.3, -0.25) is 14.6 Å². The number of aromatic amines is 1. The fraction of sp³-hybridized carbons (Fsp3) is 0.417. The normalized spacial score (nSPS) is 12.0. The van der Waals surface area contributed by atoms with E-state index in [1.807, 2.05) is 0 Å². The second-order valence-electron chi connectivity index (χ2n) is 4.34. The van der Waals surface area contributed by atoms with Crippen molar-refractivity contribution in [3.8, 4) is 5.88 Å². The number of aromatic nitrogens is 1. The summed E-state index contributed by atoms with van der Waals surface area (Å²) in [6, 6.07) is 1.31. The molecule has 7 nitrogen and oxygen atoms in total. The van der Waals surface area contributed by atoms with Gasteiger partial charge in [0.25, 0.3) is 11.5 Å². The van der Waals surface area contributed by atoms with Crippen LogP contribution in [0.25, 0.3) is 0 Å². The molecule has 0 saturated heterocycles. The maximum absolute atomic E-state index is 11.9. The van der Waals surface area contributed by atoms with Gasteiger partial charge in [0.15, 0.2) is 5.88 Å². The predicted molar refractivity (Wildman–Crippen MR) is 66.8 cm³/mol. The van der Waals surface area contributed by atoms with Crippen LogP contribution in [0.5, 0.6) is 5.88 Å². The second kappa shape index (κ2) is 6.03. The first-order valence-corrected chi connectivity index (χ1v) is 5.67. The van der Waals surface area contributed by atoms with Crippen LogP contribution in [0.4, 0.5) is 0 Å². The van der Waals surface area contributed by atoms with Crippen molar-refractivity contribution in [2.24, 2.45) is 5.92 Å². The van der Waals surface area contributed by atoms with Crippen molar-refractivity contribution >= 4 is 11.9 Å². The molecule has 1 amide bonds. The van der Waals surface area contributed by atoms with Crippen LogP contribution in [0.3, 0.4) is 0 Å². The van der Waals surface area contributed by atoms with Crippen molar-refractivity contribution in [3.05, 3.63) is 28.0 Å². The molecule has 104 valence electrons. The predicted octanol–water partition coefficient (Wildman–Crippen LogP) is 0.00790. The first-order chi connectivity index (χ1) is 8.85. The molecule has 7 heteroatoms. The lowest BCUT2D eigenvalue weighted by Crippen LogP contribution is -2.45. The van der Waals surface area contributed by atoms with E-state index in [-0.39, 0.29) is 11.5 Å². The quantitative estimate of drug-likeness (QED) is 0.666. The zero-order valence-electron chi connectivity index (χ0n) is 10.9. The zero-order chi connectivity index (χ0) is 14.6. The number of methoxy groups -OCH3 is 1. The molecule has 1 rings (SSSR count). The van der Waals surface area contributed by atoms with E-state index in [1.54, 1.807) is 13.8 Å². The summed E-state index contributed by atoms with van der Waals surface area (Å²) in [5.41, 5.74) is -0.639. The summed E-state index contributed by atoms with van der Waals surface area (Å²) in [6.45, 7) is 3.49. The van der Waals surface area contributed by atoms with Crippen molar-refractivity contribution in [1.29, 1.82) is 0 Å². The van der Waals surface area contributed by atoms with Crippen molar-refractivity contribution in [2.75, 3.05) is 7.11 Å². The van der Waals surface area contributed by atoms with Gasteiger partial charge in [0.05, 0.1) is 12.7 Å². The van der Waals surface area contributed by atoms with Crippen LogP contribution in [-0.2, 0) is 9.53 Å². The third-order valence-electron chi connectivity index (χ3n) is 2.50. The van der Waals surface area contributed by atoms with Crippen LogP contribution in [0, 0.1) is 5.92 Å². The van der Waals surface area contributed by atoms with E-state index in [0.717, 1.165) is 12.1 Å². The highest BCUT2D eigenvalue weighted by Gasteiger charge is 2.25. The third-order valence-corrected chi connectivity index (χ3v) is 2.50. The summed E-state index contributed by atoms with van der Waals surface area (Å²) in [5.74, 6) is -1.80. The van der Waals surface area contributed by atoms with Gasteiger partial charge in [0.2, 0.25) is 0 Å². The number of rotatable bonds is 4. The highest BCUT2D eigenvalue weighted by Crippen LogP contribution is 2.08. The lowest BCUT2D eigenvalue weighted by atomic mass is 10.0. The molecule has 3 N–H and O–H groups in total. The minimum Gasteiger partial charge on any atom is -0.494 e. The van der Waals surface area contributed by atoms with E-state index >= 15 is 0 Å². The first-order valence-electron chi connectivity index (χ1n) is 5.67. The molecule has 0 aliphatic heterocycles. The smallest absolute Gasteiger partial charge is 0.328 e. The molecule has 0 bridgehead atoms. The number of hydrogen-bond donors (Lipinski definition) is 3. The summed E-state index contributed by atoms with van der Waals surface area (Å²) in [6.07, 6.45) is 0. The second-order valence-corrected chi connectivity index (χ2v) is 4.34. The monoisotopic (exact) mass is 268 g/mol. The fourth-order valence-electron chi connectivity index (χ4n) is 1.51. The van der Waals surface area contributed by atoms with Gasteiger partial charge in [-0.1, -0.05) is 13.8 Å². The largest absolute Gasteiger partial charge is 0.494 e. The number of esters is 1. The highest BCUT2D eigenvalue weighted by molar-refractivity contribution is 5.96. The SMILES string of the molecule is COC(=O)C(NC(=O)c1cc(O)[nH]c(=O)c1)C(C)C. The van der Waals surface area contributed by atoms with Crippen LogP contribution in [0.1, 0.15) is 24.2 Å². The molecular formula is C12H16N2O5. The Labute approximate surface area is 109 Å². The van der Waals surface area contributed by atoms with Gasteiger partial charge in [0, 0.05) is 12.1 Å².